The van der Waals surface area contributed by atoms with Crippen molar-refractivity contribution in [2.24, 2.45) is 5.73 Å². The molecule has 0 saturated carbocycles. The van der Waals surface area contributed by atoms with Crippen molar-refractivity contribution in [3.8, 4) is 0 Å². The molecular formula is C14H21F3N2. The number of benzene rings is 1. The van der Waals surface area contributed by atoms with E-state index in [0.717, 1.165) is 11.1 Å². The number of nitrogens with zero attached hydrogens (tertiary/aromatic N) is 1. The molecule has 0 aliphatic heterocycles. The predicted octanol–water partition coefficient (Wildman–Crippen LogP) is 3.27. The van der Waals surface area contributed by atoms with E-state index in [1.165, 1.54) is 0 Å². The SMILES string of the molecule is Cc1cccc(C(C(C)N)N(C)CCC(F)(F)F)c1. The highest BCUT2D eigenvalue weighted by Gasteiger charge is 2.29. The summed E-state index contributed by atoms with van der Waals surface area (Å²) < 4.78 is 36.9. The van der Waals surface area contributed by atoms with Crippen molar-refractivity contribution >= 4 is 0 Å². The van der Waals surface area contributed by atoms with Gasteiger partial charge in [-0.2, -0.15) is 13.2 Å². The zero-order valence-electron chi connectivity index (χ0n) is 11.5. The maximum absolute atomic E-state index is 12.3. The number of halogens is 3. The number of alkyl halides is 3. The third-order valence-electron chi connectivity index (χ3n) is 3.10. The number of rotatable bonds is 5. The van der Waals surface area contributed by atoms with Crippen LogP contribution in [0.3, 0.4) is 0 Å². The molecule has 108 valence electrons. The van der Waals surface area contributed by atoms with Gasteiger partial charge in [-0.05, 0) is 26.5 Å². The van der Waals surface area contributed by atoms with E-state index in [0.29, 0.717) is 0 Å². The molecule has 0 fully saturated rings. The fraction of sp³-hybridized carbons (Fsp3) is 0.571. The van der Waals surface area contributed by atoms with Crippen LogP contribution in [0.1, 0.15) is 30.5 Å². The third kappa shape index (κ3) is 5.20. The Morgan fingerprint density at radius 1 is 1.32 bits per heavy atom. The number of likely N-dealkylation sites (N-methyl/N-ethyl adjacent to an activating group) is 1. The quantitative estimate of drug-likeness (QED) is 0.893. The lowest BCUT2D eigenvalue weighted by Crippen LogP contribution is -2.38. The Labute approximate surface area is 112 Å². The van der Waals surface area contributed by atoms with Crippen molar-refractivity contribution in [3.05, 3.63) is 35.4 Å². The average molecular weight is 274 g/mol. The lowest BCUT2D eigenvalue weighted by molar-refractivity contribution is -0.138. The van der Waals surface area contributed by atoms with Gasteiger partial charge in [0, 0.05) is 18.6 Å². The summed E-state index contributed by atoms with van der Waals surface area (Å²) in [6.45, 7) is 3.72. The molecule has 0 aliphatic carbocycles. The van der Waals surface area contributed by atoms with Gasteiger partial charge in [0.15, 0.2) is 0 Å². The number of aryl methyl sites for hydroxylation is 1. The lowest BCUT2D eigenvalue weighted by atomic mass is 9.98. The molecule has 0 saturated heterocycles. The minimum Gasteiger partial charge on any atom is -0.326 e. The maximum atomic E-state index is 12.3. The first-order valence-electron chi connectivity index (χ1n) is 6.30. The Balaban J connectivity index is 2.83. The third-order valence-corrected chi connectivity index (χ3v) is 3.10. The monoisotopic (exact) mass is 274 g/mol. The molecule has 0 radical (unpaired) electrons. The van der Waals surface area contributed by atoms with Gasteiger partial charge in [0.1, 0.15) is 0 Å². The summed E-state index contributed by atoms with van der Waals surface area (Å²) >= 11 is 0. The van der Waals surface area contributed by atoms with Crippen LogP contribution in [0.15, 0.2) is 24.3 Å². The second kappa shape index (κ2) is 6.39. The second-order valence-corrected chi connectivity index (χ2v) is 5.06. The molecule has 0 heterocycles. The van der Waals surface area contributed by atoms with Crippen LogP contribution in [0, 0.1) is 6.92 Å². The summed E-state index contributed by atoms with van der Waals surface area (Å²) in [4.78, 5) is 1.67. The van der Waals surface area contributed by atoms with E-state index in [2.05, 4.69) is 0 Å². The molecule has 0 aromatic heterocycles. The predicted molar refractivity (Wildman–Crippen MR) is 70.9 cm³/mol. The van der Waals surface area contributed by atoms with Gasteiger partial charge in [-0.25, -0.2) is 0 Å². The molecule has 2 unspecified atom stereocenters. The summed E-state index contributed by atoms with van der Waals surface area (Å²) in [6, 6.07) is 7.29. The van der Waals surface area contributed by atoms with Crippen LogP contribution in [0.2, 0.25) is 0 Å². The highest BCUT2D eigenvalue weighted by Crippen LogP contribution is 2.26. The zero-order valence-corrected chi connectivity index (χ0v) is 11.5. The minimum atomic E-state index is -4.14. The first-order valence-corrected chi connectivity index (χ1v) is 6.30. The Kier molecular flexibility index (Phi) is 5.38. The molecule has 5 heteroatoms. The second-order valence-electron chi connectivity index (χ2n) is 5.06. The van der Waals surface area contributed by atoms with E-state index in [-0.39, 0.29) is 18.6 Å². The van der Waals surface area contributed by atoms with Gasteiger partial charge >= 0.3 is 6.18 Å². The van der Waals surface area contributed by atoms with Crippen LogP contribution in [-0.2, 0) is 0 Å². The van der Waals surface area contributed by atoms with E-state index >= 15 is 0 Å². The first-order chi connectivity index (χ1) is 8.70. The summed E-state index contributed by atoms with van der Waals surface area (Å²) in [7, 11) is 1.68. The van der Waals surface area contributed by atoms with Gasteiger partial charge in [0.05, 0.1) is 6.42 Å². The number of hydrogen-bond acceptors (Lipinski definition) is 2. The van der Waals surface area contributed by atoms with Crippen LogP contribution in [0.25, 0.3) is 0 Å². The Bertz CT molecular complexity index is 402. The maximum Gasteiger partial charge on any atom is 0.390 e. The largest absolute Gasteiger partial charge is 0.390 e. The molecule has 19 heavy (non-hydrogen) atoms. The van der Waals surface area contributed by atoms with Gasteiger partial charge in [-0.15, -0.1) is 0 Å². The molecule has 0 spiro atoms. The molecule has 2 atom stereocenters. The molecule has 2 nitrogen and oxygen atoms in total. The summed E-state index contributed by atoms with van der Waals surface area (Å²) in [5.41, 5.74) is 7.97. The van der Waals surface area contributed by atoms with Crippen molar-refractivity contribution in [1.82, 2.24) is 4.90 Å². The standard InChI is InChI=1S/C14H21F3N2/c1-10-5-4-6-12(9-10)13(11(2)18)19(3)8-7-14(15,16)17/h4-6,9,11,13H,7-8,18H2,1-3H3. The summed E-state index contributed by atoms with van der Waals surface area (Å²) in [5.74, 6) is 0. The Morgan fingerprint density at radius 3 is 2.42 bits per heavy atom. The fourth-order valence-corrected chi connectivity index (χ4v) is 2.26. The summed E-state index contributed by atoms with van der Waals surface area (Å²) in [5, 5.41) is 0. The Hall–Kier alpha value is -1.07. The van der Waals surface area contributed by atoms with Crippen molar-refractivity contribution < 1.29 is 13.2 Å². The van der Waals surface area contributed by atoms with E-state index in [1.54, 1.807) is 11.9 Å². The van der Waals surface area contributed by atoms with Crippen molar-refractivity contribution in [1.29, 1.82) is 0 Å². The minimum absolute atomic E-state index is 0.0519. The molecule has 2 N–H and O–H groups in total. The zero-order chi connectivity index (χ0) is 14.6. The van der Waals surface area contributed by atoms with Crippen molar-refractivity contribution in [3.63, 3.8) is 0 Å². The highest BCUT2D eigenvalue weighted by atomic mass is 19.4. The van der Waals surface area contributed by atoms with Crippen LogP contribution >= 0.6 is 0 Å². The topological polar surface area (TPSA) is 29.3 Å². The molecule has 1 rings (SSSR count). The van der Waals surface area contributed by atoms with Gasteiger partial charge < -0.3 is 5.73 Å². The molecule has 0 bridgehead atoms. The number of nitrogens with two attached hydrogens (primary N) is 1. The highest BCUT2D eigenvalue weighted by molar-refractivity contribution is 5.26. The van der Waals surface area contributed by atoms with Crippen molar-refractivity contribution in [2.75, 3.05) is 13.6 Å². The van der Waals surface area contributed by atoms with Crippen molar-refractivity contribution in [2.45, 2.75) is 38.5 Å². The van der Waals surface area contributed by atoms with Crippen LogP contribution < -0.4 is 5.73 Å². The van der Waals surface area contributed by atoms with Crippen LogP contribution in [0.4, 0.5) is 13.2 Å². The molecular weight excluding hydrogens is 253 g/mol. The van der Waals surface area contributed by atoms with E-state index in [1.807, 2.05) is 38.1 Å². The molecule has 0 amide bonds. The molecule has 1 aromatic rings. The van der Waals surface area contributed by atoms with Crippen LogP contribution in [0.5, 0.6) is 0 Å². The normalized spacial score (nSPS) is 15.6. The smallest absolute Gasteiger partial charge is 0.326 e. The van der Waals surface area contributed by atoms with E-state index in [9.17, 15) is 13.2 Å². The molecule has 0 aliphatic rings. The number of hydrogen-bond donors (Lipinski definition) is 1. The van der Waals surface area contributed by atoms with Crippen LogP contribution in [-0.4, -0.2) is 30.7 Å². The molecule has 1 aromatic carbocycles. The van der Waals surface area contributed by atoms with Gasteiger partial charge in [0.25, 0.3) is 0 Å². The van der Waals surface area contributed by atoms with Gasteiger partial charge in [0.2, 0.25) is 0 Å². The fourth-order valence-electron chi connectivity index (χ4n) is 2.26. The van der Waals surface area contributed by atoms with Gasteiger partial charge in [-0.3, -0.25) is 4.90 Å². The van der Waals surface area contributed by atoms with Gasteiger partial charge in [-0.1, -0.05) is 29.8 Å². The lowest BCUT2D eigenvalue weighted by Gasteiger charge is -2.32. The first kappa shape index (κ1) is 16.0. The average Bonchev–Trinajstić information content (AvgIpc) is 2.25. The Morgan fingerprint density at radius 2 is 1.95 bits per heavy atom. The van der Waals surface area contributed by atoms with E-state index < -0.39 is 12.6 Å². The van der Waals surface area contributed by atoms with E-state index in [4.69, 9.17) is 5.73 Å². The summed E-state index contributed by atoms with van der Waals surface area (Å²) in [6.07, 6.45) is -4.96.